The van der Waals surface area contributed by atoms with Crippen LogP contribution >= 0.6 is 0 Å². The van der Waals surface area contributed by atoms with E-state index in [1.165, 1.54) is 16.8 Å². The first-order valence-electron chi connectivity index (χ1n) is 11.6. The summed E-state index contributed by atoms with van der Waals surface area (Å²) in [4.78, 5) is 26.1. The maximum absolute atomic E-state index is 12.3. The second-order valence-electron chi connectivity index (χ2n) is 8.74. The maximum atomic E-state index is 12.3. The molecule has 35 heavy (non-hydrogen) atoms. The first-order chi connectivity index (χ1) is 17.2. The molecule has 0 saturated carbocycles. The normalized spacial score (nSPS) is 23.1. The number of nitrogens with one attached hydrogen (secondary N) is 1. The Kier molecular flexibility index (Phi) is 5.45. The van der Waals surface area contributed by atoms with E-state index in [2.05, 4.69) is 41.4 Å². The second-order valence-corrected chi connectivity index (χ2v) is 8.74. The molecule has 3 aromatic carbocycles. The number of ether oxygens (including phenoxy) is 3. The maximum Gasteiger partial charge on any atom is 0.330 e. The first kappa shape index (κ1) is 21.7. The topological polar surface area (TPSA) is 85.8 Å². The molecule has 0 amide bonds. The Balaban J connectivity index is 1.36. The Labute approximate surface area is 201 Å². The van der Waals surface area contributed by atoms with Crippen molar-refractivity contribution in [2.24, 2.45) is 0 Å². The van der Waals surface area contributed by atoms with Crippen LogP contribution in [0.2, 0.25) is 0 Å². The van der Waals surface area contributed by atoms with Gasteiger partial charge < -0.3 is 14.2 Å². The second kappa shape index (κ2) is 8.78. The van der Waals surface area contributed by atoms with Crippen molar-refractivity contribution in [3.8, 4) is 0 Å². The van der Waals surface area contributed by atoms with Gasteiger partial charge in [0.15, 0.2) is 6.23 Å². The lowest BCUT2D eigenvalue weighted by Crippen LogP contribution is -2.38. The summed E-state index contributed by atoms with van der Waals surface area (Å²) in [5, 5.41) is 0. The van der Waals surface area contributed by atoms with Crippen molar-refractivity contribution in [3.63, 3.8) is 0 Å². The molecule has 4 aromatic rings. The van der Waals surface area contributed by atoms with Gasteiger partial charge in [-0.2, -0.15) is 0 Å². The molecule has 2 aliphatic heterocycles. The molecule has 6 rings (SSSR count). The minimum Gasteiger partial charge on any atom is -0.362 e. The van der Waals surface area contributed by atoms with Gasteiger partial charge in [0.2, 0.25) is 0 Å². The summed E-state index contributed by atoms with van der Waals surface area (Å²) >= 11 is 0. The molecule has 2 unspecified atom stereocenters. The monoisotopic (exact) mass is 468 g/mol. The Morgan fingerprint density at radius 1 is 0.743 bits per heavy atom. The average molecular weight is 469 g/mol. The highest BCUT2D eigenvalue weighted by Gasteiger charge is 2.59. The number of rotatable bonds is 7. The Morgan fingerprint density at radius 2 is 1.29 bits per heavy atom. The van der Waals surface area contributed by atoms with E-state index in [0.29, 0.717) is 0 Å². The molecule has 0 bridgehead atoms. The molecule has 0 radical (unpaired) electrons. The van der Waals surface area contributed by atoms with E-state index in [1.807, 2.05) is 54.6 Å². The number of H-pyrrole nitrogens is 1. The van der Waals surface area contributed by atoms with E-state index in [-0.39, 0.29) is 24.9 Å². The number of fused-ring (bicyclic) bond motifs is 1. The van der Waals surface area contributed by atoms with E-state index in [0.717, 1.165) is 16.7 Å². The van der Waals surface area contributed by atoms with Gasteiger partial charge in [-0.3, -0.25) is 14.3 Å². The molecule has 7 heteroatoms. The zero-order valence-corrected chi connectivity index (χ0v) is 18.8. The Hall–Kier alpha value is -3.78. The zero-order valence-electron chi connectivity index (χ0n) is 18.8. The average Bonchev–Trinajstić information content (AvgIpc) is 3.62. The molecular formula is C28H24N2O5. The Bertz CT molecular complexity index is 1320. The van der Waals surface area contributed by atoms with Gasteiger partial charge in [-0.25, -0.2) is 4.79 Å². The van der Waals surface area contributed by atoms with Crippen LogP contribution in [0, 0.1) is 0 Å². The van der Waals surface area contributed by atoms with Crippen LogP contribution in [-0.2, 0) is 19.8 Å². The highest BCUT2D eigenvalue weighted by atomic mass is 16.7. The van der Waals surface area contributed by atoms with Crippen LogP contribution < -0.4 is 11.2 Å². The van der Waals surface area contributed by atoms with Crippen molar-refractivity contribution >= 4 is 0 Å². The lowest BCUT2D eigenvalue weighted by atomic mass is 9.80. The fourth-order valence-corrected chi connectivity index (χ4v) is 4.96. The zero-order chi connectivity index (χ0) is 23.8. The lowest BCUT2D eigenvalue weighted by Gasteiger charge is -2.37. The minimum absolute atomic E-state index is 0.182. The number of aromatic nitrogens is 2. The molecule has 176 valence electrons. The third-order valence-electron chi connectivity index (χ3n) is 6.65. The summed E-state index contributed by atoms with van der Waals surface area (Å²) in [5.41, 5.74) is 1.15. The minimum atomic E-state index is -0.871. The van der Waals surface area contributed by atoms with Gasteiger partial charge in [0.25, 0.3) is 5.56 Å². The lowest BCUT2D eigenvalue weighted by molar-refractivity contribution is -0.117. The van der Waals surface area contributed by atoms with Gasteiger partial charge in [-0.1, -0.05) is 91.0 Å². The van der Waals surface area contributed by atoms with Gasteiger partial charge in [0, 0.05) is 12.3 Å². The van der Waals surface area contributed by atoms with Crippen molar-refractivity contribution in [2.75, 3.05) is 6.61 Å². The largest absolute Gasteiger partial charge is 0.362 e. The highest BCUT2D eigenvalue weighted by molar-refractivity contribution is 5.47. The van der Waals surface area contributed by atoms with E-state index in [1.54, 1.807) is 0 Å². The van der Waals surface area contributed by atoms with Gasteiger partial charge in [0.1, 0.15) is 23.9 Å². The molecule has 2 fully saturated rings. The summed E-state index contributed by atoms with van der Waals surface area (Å²) < 4.78 is 20.3. The molecule has 0 spiro atoms. The van der Waals surface area contributed by atoms with Gasteiger partial charge in [-0.15, -0.1) is 0 Å². The number of hydrogen-bond acceptors (Lipinski definition) is 5. The quantitative estimate of drug-likeness (QED) is 0.333. The summed E-state index contributed by atoms with van der Waals surface area (Å²) in [6, 6.07) is 31.7. The number of nitrogens with zero attached hydrogens (tertiary/aromatic N) is 1. The van der Waals surface area contributed by atoms with Crippen LogP contribution in [0.4, 0.5) is 0 Å². The summed E-state index contributed by atoms with van der Waals surface area (Å²) in [6.45, 7) is 0.244. The summed E-state index contributed by atoms with van der Waals surface area (Å²) in [6.07, 6.45) is 0.0122. The van der Waals surface area contributed by atoms with Crippen molar-refractivity contribution in [1.29, 1.82) is 0 Å². The molecular weight excluding hydrogens is 444 g/mol. The number of benzene rings is 3. The van der Waals surface area contributed by atoms with E-state index >= 15 is 0 Å². The van der Waals surface area contributed by atoms with Crippen molar-refractivity contribution in [2.45, 2.75) is 30.1 Å². The van der Waals surface area contributed by atoms with Gasteiger partial charge >= 0.3 is 5.69 Å². The predicted octanol–water partition coefficient (Wildman–Crippen LogP) is 3.21. The fourth-order valence-electron chi connectivity index (χ4n) is 4.96. The third-order valence-corrected chi connectivity index (χ3v) is 6.65. The predicted molar refractivity (Wildman–Crippen MR) is 129 cm³/mol. The van der Waals surface area contributed by atoms with Crippen LogP contribution in [0.3, 0.4) is 0 Å². The Morgan fingerprint density at radius 3 is 1.80 bits per heavy atom. The van der Waals surface area contributed by atoms with Crippen molar-refractivity contribution in [1.82, 2.24) is 9.55 Å². The van der Waals surface area contributed by atoms with Crippen LogP contribution in [-0.4, -0.2) is 34.5 Å². The molecule has 7 nitrogen and oxygen atoms in total. The van der Waals surface area contributed by atoms with E-state index < -0.39 is 23.1 Å². The smallest absolute Gasteiger partial charge is 0.330 e. The number of epoxide rings is 1. The third kappa shape index (κ3) is 3.83. The molecule has 3 heterocycles. The number of hydrogen-bond donors (Lipinski definition) is 1. The number of aromatic amines is 1. The van der Waals surface area contributed by atoms with Crippen molar-refractivity contribution < 1.29 is 14.2 Å². The molecule has 0 aliphatic carbocycles. The van der Waals surface area contributed by atoms with Crippen LogP contribution in [0.5, 0.6) is 0 Å². The van der Waals surface area contributed by atoms with Crippen LogP contribution in [0.15, 0.2) is 113 Å². The summed E-state index contributed by atoms with van der Waals surface area (Å²) in [7, 11) is 0. The van der Waals surface area contributed by atoms with Gasteiger partial charge in [-0.05, 0) is 16.7 Å². The molecule has 2 saturated heterocycles. The van der Waals surface area contributed by atoms with Gasteiger partial charge in [0.05, 0.1) is 6.61 Å². The molecule has 4 atom stereocenters. The van der Waals surface area contributed by atoms with Crippen LogP contribution in [0.1, 0.15) is 22.9 Å². The summed E-state index contributed by atoms with van der Waals surface area (Å²) in [5.74, 6) is 0. The molecule has 2 aliphatic rings. The van der Waals surface area contributed by atoms with Crippen molar-refractivity contribution in [3.05, 3.63) is 141 Å². The molecule has 1 aromatic heterocycles. The fraction of sp³-hybridized carbons (Fsp3) is 0.214. The first-order valence-corrected chi connectivity index (χ1v) is 11.6. The van der Waals surface area contributed by atoms with E-state index in [9.17, 15) is 9.59 Å². The van der Waals surface area contributed by atoms with Crippen LogP contribution in [0.25, 0.3) is 0 Å². The van der Waals surface area contributed by atoms with E-state index in [4.69, 9.17) is 14.2 Å². The highest BCUT2D eigenvalue weighted by Crippen LogP contribution is 2.46. The standard InChI is InChI=1S/C28H24N2O5/c31-23-16-17-30(27(32)29-23)26-25-24(35-25)22(34-26)18-33-28(19-10-4-1-5-11-19,20-12-6-2-7-13-20)21-14-8-3-9-15-21/h1-17,22,24-26H,18H2,(H,29,31,32)/t22-,24?,25?,26-/m1/s1. The molecule has 1 N–H and O–H groups in total. The SMILES string of the molecule is O=c1ccn([C@@H]2O[C@H](COC(c3ccccc3)(c3ccccc3)c3ccccc3)C3OC32)c(=O)[nH]1.